The first-order chi connectivity index (χ1) is 12.3. The second kappa shape index (κ2) is 6.96. The van der Waals surface area contributed by atoms with Crippen LogP contribution in [0.25, 0.3) is 11.1 Å². The average molecular weight is 365 g/mol. The predicted molar refractivity (Wildman–Crippen MR) is 108 cm³/mol. The smallest absolute Gasteiger partial charge is 0.261 e. The van der Waals surface area contributed by atoms with Gasteiger partial charge in [-0.2, -0.15) is 0 Å². The molecule has 0 aliphatic heterocycles. The highest BCUT2D eigenvalue weighted by molar-refractivity contribution is 7.92. The molecular weight excluding hydrogens is 342 g/mol. The van der Waals surface area contributed by atoms with Gasteiger partial charge in [-0.15, -0.1) is 0 Å². The lowest BCUT2D eigenvalue weighted by atomic mass is 9.86. The van der Waals surface area contributed by atoms with Crippen molar-refractivity contribution < 1.29 is 8.42 Å². The molecule has 0 saturated carbocycles. The van der Waals surface area contributed by atoms with E-state index in [0.29, 0.717) is 5.69 Å². The zero-order valence-electron chi connectivity index (χ0n) is 15.2. The lowest BCUT2D eigenvalue weighted by Gasteiger charge is -2.23. The van der Waals surface area contributed by atoms with Crippen molar-refractivity contribution in [2.45, 2.75) is 31.1 Å². The minimum absolute atomic E-state index is 0.156. The van der Waals surface area contributed by atoms with Crippen molar-refractivity contribution in [2.24, 2.45) is 0 Å². The fourth-order valence-corrected chi connectivity index (χ4v) is 3.97. The molecule has 134 valence electrons. The molecule has 0 saturated heterocycles. The molecule has 0 radical (unpaired) electrons. The highest BCUT2D eigenvalue weighted by Crippen LogP contribution is 2.31. The summed E-state index contributed by atoms with van der Waals surface area (Å²) in [6.45, 7) is 6.19. The molecule has 0 aliphatic rings. The summed E-state index contributed by atoms with van der Waals surface area (Å²) in [5, 5.41) is 0. The lowest BCUT2D eigenvalue weighted by Crippen LogP contribution is -2.19. The molecule has 3 aromatic carbocycles. The summed E-state index contributed by atoms with van der Waals surface area (Å²) < 4.78 is 28.4. The van der Waals surface area contributed by atoms with Gasteiger partial charge in [0.25, 0.3) is 10.0 Å². The van der Waals surface area contributed by atoms with Crippen molar-refractivity contribution in [1.82, 2.24) is 0 Å². The number of benzene rings is 3. The number of hydrogen-bond acceptors (Lipinski definition) is 2. The Morgan fingerprint density at radius 1 is 0.692 bits per heavy atom. The maximum atomic E-state index is 12.8. The molecule has 0 heterocycles. The summed E-state index contributed by atoms with van der Waals surface area (Å²) in [7, 11) is -3.65. The Morgan fingerprint density at radius 3 is 1.85 bits per heavy atom. The highest BCUT2D eigenvalue weighted by Gasteiger charge is 2.21. The molecule has 3 aromatic rings. The average Bonchev–Trinajstić information content (AvgIpc) is 2.62. The van der Waals surface area contributed by atoms with Crippen LogP contribution in [0.5, 0.6) is 0 Å². The Morgan fingerprint density at radius 2 is 1.23 bits per heavy atom. The van der Waals surface area contributed by atoms with Crippen LogP contribution in [0, 0.1) is 0 Å². The van der Waals surface area contributed by atoms with E-state index in [4.69, 9.17) is 0 Å². The standard InChI is InChI=1S/C22H23NO2S/c1-22(2,3)20-11-7-8-12-21(20)23-26(24,25)19-15-13-18(14-16-19)17-9-5-4-6-10-17/h4-16,23H,1-3H3. The van der Waals surface area contributed by atoms with Crippen molar-refractivity contribution >= 4 is 15.7 Å². The molecule has 0 unspecified atom stereocenters. The Labute approximate surface area is 155 Å². The first-order valence-corrected chi connectivity index (χ1v) is 10.0. The van der Waals surface area contributed by atoms with Crippen LogP contribution in [0.3, 0.4) is 0 Å². The minimum Gasteiger partial charge on any atom is -0.279 e. The quantitative estimate of drug-likeness (QED) is 0.668. The fourth-order valence-electron chi connectivity index (χ4n) is 2.89. The zero-order chi connectivity index (χ0) is 18.8. The summed E-state index contributed by atoms with van der Waals surface area (Å²) >= 11 is 0. The van der Waals surface area contributed by atoms with Gasteiger partial charge in [0.05, 0.1) is 10.6 Å². The van der Waals surface area contributed by atoms with Gasteiger partial charge < -0.3 is 0 Å². The van der Waals surface area contributed by atoms with Gasteiger partial charge in [0.1, 0.15) is 0 Å². The van der Waals surface area contributed by atoms with Gasteiger partial charge in [-0.05, 0) is 40.3 Å². The van der Waals surface area contributed by atoms with Crippen LogP contribution in [-0.2, 0) is 15.4 Å². The van der Waals surface area contributed by atoms with E-state index in [9.17, 15) is 8.42 Å². The van der Waals surface area contributed by atoms with Gasteiger partial charge in [-0.3, -0.25) is 4.72 Å². The summed E-state index contributed by atoms with van der Waals surface area (Å²) in [5.74, 6) is 0. The van der Waals surface area contributed by atoms with Gasteiger partial charge in [-0.1, -0.05) is 81.4 Å². The van der Waals surface area contributed by atoms with E-state index >= 15 is 0 Å². The Kier molecular flexibility index (Phi) is 4.88. The third kappa shape index (κ3) is 3.97. The number of nitrogens with one attached hydrogen (secondary N) is 1. The van der Waals surface area contributed by atoms with Crippen LogP contribution in [0.1, 0.15) is 26.3 Å². The molecule has 0 atom stereocenters. The maximum absolute atomic E-state index is 12.8. The van der Waals surface area contributed by atoms with Crippen molar-refractivity contribution in [3.63, 3.8) is 0 Å². The third-order valence-electron chi connectivity index (χ3n) is 4.25. The molecule has 3 nitrogen and oxygen atoms in total. The minimum atomic E-state index is -3.65. The molecule has 0 amide bonds. The van der Waals surface area contributed by atoms with Crippen molar-refractivity contribution in [3.8, 4) is 11.1 Å². The summed E-state index contributed by atoms with van der Waals surface area (Å²) in [4.78, 5) is 0.251. The number of anilines is 1. The number of sulfonamides is 1. The highest BCUT2D eigenvalue weighted by atomic mass is 32.2. The third-order valence-corrected chi connectivity index (χ3v) is 5.63. The molecule has 0 fully saturated rings. The molecule has 26 heavy (non-hydrogen) atoms. The SMILES string of the molecule is CC(C)(C)c1ccccc1NS(=O)(=O)c1ccc(-c2ccccc2)cc1. The van der Waals surface area contributed by atoms with Gasteiger partial charge in [-0.25, -0.2) is 8.42 Å². The first kappa shape index (κ1) is 18.2. The van der Waals surface area contributed by atoms with E-state index in [1.165, 1.54) is 0 Å². The molecule has 0 bridgehead atoms. The van der Waals surface area contributed by atoms with E-state index in [0.717, 1.165) is 16.7 Å². The summed E-state index contributed by atoms with van der Waals surface area (Å²) in [6.07, 6.45) is 0. The number of para-hydroxylation sites is 1. The largest absolute Gasteiger partial charge is 0.279 e. The summed E-state index contributed by atoms with van der Waals surface area (Å²) in [5.41, 5.74) is 3.47. The topological polar surface area (TPSA) is 46.2 Å². The van der Waals surface area contributed by atoms with Crippen molar-refractivity contribution in [2.75, 3.05) is 4.72 Å². The monoisotopic (exact) mass is 365 g/mol. The van der Waals surface area contributed by atoms with Crippen LogP contribution in [-0.4, -0.2) is 8.42 Å². The molecule has 3 rings (SSSR count). The first-order valence-electron chi connectivity index (χ1n) is 8.55. The van der Waals surface area contributed by atoms with Crippen LogP contribution in [0.2, 0.25) is 0 Å². The zero-order valence-corrected chi connectivity index (χ0v) is 16.0. The Balaban J connectivity index is 1.90. The molecule has 0 aliphatic carbocycles. The van der Waals surface area contributed by atoms with E-state index in [2.05, 4.69) is 25.5 Å². The maximum Gasteiger partial charge on any atom is 0.261 e. The van der Waals surface area contributed by atoms with Crippen molar-refractivity contribution in [1.29, 1.82) is 0 Å². The number of rotatable bonds is 4. The molecule has 4 heteroatoms. The van der Waals surface area contributed by atoms with E-state index < -0.39 is 10.0 Å². The van der Waals surface area contributed by atoms with Crippen LogP contribution < -0.4 is 4.72 Å². The van der Waals surface area contributed by atoms with Gasteiger partial charge in [0.2, 0.25) is 0 Å². The van der Waals surface area contributed by atoms with Gasteiger partial charge in [0.15, 0.2) is 0 Å². The van der Waals surface area contributed by atoms with Crippen LogP contribution >= 0.6 is 0 Å². The fraction of sp³-hybridized carbons (Fsp3) is 0.182. The van der Waals surface area contributed by atoms with Crippen molar-refractivity contribution in [3.05, 3.63) is 84.4 Å². The van der Waals surface area contributed by atoms with Crippen LogP contribution in [0.4, 0.5) is 5.69 Å². The van der Waals surface area contributed by atoms with Gasteiger partial charge >= 0.3 is 0 Å². The van der Waals surface area contributed by atoms with E-state index in [-0.39, 0.29) is 10.3 Å². The molecule has 1 N–H and O–H groups in total. The normalized spacial score (nSPS) is 12.0. The molecule has 0 spiro atoms. The van der Waals surface area contributed by atoms with Gasteiger partial charge in [0, 0.05) is 0 Å². The summed E-state index contributed by atoms with van der Waals surface area (Å²) in [6, 6.07) is 24.4. The predicted octanol–water partition coefficient (Wildman–Crippen LogP) is 5.45. The molecule has 0 aromatic heterocycles. The lowest BCUT2D eigenvalue weighted by molar-refractivity contribution is 0.590. The van der Waals surface area contributed by atoms with E-state index in [1.54, 1.807) is 18.2 Å². The van der Waals surface area contributed by atoms with E-state index in [1.807, 2.05) is 60.7 Å². The second-order valence-electron chi connectivity index (χ2n) is 7.29. The second-order valence-corrected chi connectivity index (χ2v) is 8.97. The molecular formula is C22H23NO2S. The Hall–Kier alpha value is -2.59. The Bertz CT molecular complexity index is 986. The van der Waals surface area contributed by atoms with Crippen LogP contribution in [0.15, 0.2) is 83.8 Å². The number of hydrogen-bond donors (Lipinski definition) is 1.